The van der Waals surface area contributed by atoms with Crippen LogP contribution >= 0.6 is 0 Å². The number of nitrogens with zero attached hydrogens (tertiary/aromatic N) is 3. The van der Waals surface area contributed by atoms with Crippen molar-refractivity contribution in [3.63, 3.8) is 0 Å². The van der Waals surface area contributed by atoms with Gasteiger partial charge >= 0.3 is 12.1 Å². The van der Waals surface area contributed by atoms with E-state index >= 15 is 0 Å². The molecule has 2 heterocycles. The Labute approximate surface area is 142 Å². The van der Waals surface area contributed by atoms with Crippen molar-refractivity contribution >= 4 is 11.9 Å². The summed E-state index contributed by atoms with van der Waals surface area (Å²) >= 11 is 0. The van der Waals surface area contributed by atoms with E-state index in [1.807, 2.05) is 0 Å². The molecular weight excluding hydrogens is 339 g/mol. The van der Waals surface area contributed by atoms with E-state index in [0.717, 1.165) is 12.5 Å². The van der Waals surface area contributed by atoms with Gasteiger partial charge in [-0.1, -0.05) is 6.42 Å². The Kier molecular flexibility index (Phi) is 4.51. The lowest BCUT2D eigenvalue weighted by Gasteiger charge is -2.39. The van der Waals surface area contributed by atoms with Crippen LogP contribution in [-0.2, 0) is 15.8 Å². The van der Waals surface area contributed by atoms with Crippen molar-refractivity contribution < 1.29 is 27.9 Å². The Morgan fingerprint density at radius 3 is 2.36 bits per heavy atom. The fourth-order valence-electron chi connectivity index (χ4n) is 3.54. The fourth-order valence-corrected chi connectivity index (χ4v) is 3.54. The van der Waals surface area contributed by atoms with Crippen LogP contribution in [0.15, 0.2) is 12.3 Å². The SMILES string of the molecule is O=C(CC1(C(=O)O)CCC1)N1CCC(n2ccc(C(F)(F)F)n2)CC1. The van der Waals surface area contributed by atoms with Gasteiger partial charge in [0.25, 0.3) is 0 Å². The first kappa shape index (κ1) is 17.8. The van der Waals surface area contributed by atoms with Gasteiger partial charge in [0.05, 0.1) is 11.5 Å². The standard InChI is InChI=1S/C16H20F3N3O3/c17-16(18,19)12-4-9-22(20-12)11-2-7-21(8-3-11)13(23)10-15(14(24)25)5-1-6-15/h4,9,11H,1-3,5-8,10H2,(H,24,25). The summed E-state index contributed by atoms with van der Waals surface area (Å²) in [6.45, 7) is 0.806. The number of hydrogen-bond donors (Lipinski definition) is 1. The molecule has 1 saturated carbocycles. The van der Waals surface area contributed by atoms with E-state index in [-0.39, 0.29) is 18.4 Å². The van der Waals surface area contributed by atoms with Gasteiger partial charge in [-0.3, -0.25) is 14.3 Å². The molecule has 2 aliphatic rings. The molecule has 0 bridgehead atoms. The number of carbonyl (C=O) groups excluding carboxylic acids is 1. The van der Waals surface area contributed by atoms with Gasteiger partial charge in [0.2, 0.25) is 5.91 Å². The molecule has 0 unspecified atom stereocenters. The summed E-state index contributed by atoms with van der Waals surface area (Å²) in [5.74, 6) is -1.10. The van der Waals surface area contributed by atoms with Crippen molar-refractivity contribution in [2.75, 3.05) is 13.1 Å². The number of halogens is 3. The minimum atomic E-state index is -4.46. The van der Waals surface area contributed by atoms with Crippen molar-refractivity contribution in [2.45, 2.75) is 50.7 Å². The van der Waals surface area contributed by atoms with Gasteiger partial charge in [-0.2, -0.15) is 18.3 Å². The predicted octanol–water partition coefficient (Wildman–Crippen LogP) is 2.71. The van der Waals surface area contributed by atoms with Crippen molar-refractivity contribution in [1.29, 1.82) is 0 Å². The quantitative estimate of drug-likeness (QED) is 0.897. The van der Waals surface area contributed by atoms with E-state index in [0.29, 0.717) is 38.8 Å². The lowest BCUT2D eigenvalue weighted by molar-refractivity contribution is -0.159. The van der Waals surface area contributed by atoms with Crippen LogP contribution < -0.4 is 0 Å². The smallest absolute Gasteiger partial charge is 0.435 e. The first-order chi connectivity index (χ1) is 11.7. The first-order valence-corrected chi connectivity index (χ1v) is 8.35. The van der Waals surface area contributed by atoms with Crippen molar-refractivity contribution in [2.24, 2.45) is 5.41 Å². The lowest BCUT2D eigenvalue weighted by atomic mass is 9.66. The number of aliphatic carboxylic acids is 1. The van der Waals surface area contributed by atoms with Crippen LogP contribution in [0.3, 0.4) is 0 Å². The zero-order chi connectivity index (χ0) is 18.2. The number of likely N-dealkylation sites (tertiary alicyclic amines) is 1. The molecule has 1 amide bonds. The molecule has 2 fully saturated rings. The second-order valence-electron chi connectivity index (χ2n) is 6.91. The number of alkyl halides is 3. The average Bonchev–Trinajstić information content (AvgIpc) is 3.00. The van der Waals surface area contributed by atoms with Gasteiger partial charge in [-0.05, 0) is 31.7 Å². The summed E-state index contributed by atoms with van der Waals surface area (Å²) in [5, 5.41) is 12.9. The average molecular weight is 359 g/mol. The monoisotopic (exact) mass is 359 g/mol. The van der Waals surface area contributed by atoms with Crippen molar-refractivity contribution in [3.05, 3.63) is 18.0 Å². The lowest BCUT2D eigenvalue weighted by Crippen LogP contribution is -2.46. The Morgan fingerprint density at radius 1 is 1.28 bits per heavy atom. The van der Waals surface area contributed by atoms with Gasteiger partial charge in [0, 0.05) is 25.7 Å². The van der Waals surface area contributed by atoms with Gasteiger partial charge < -0.3 is 10.0 Å². The maximum absolute atomic E-state index is 12.6. The van der Waals surface area contributed by atoms with E-state index < -0.39 is 23.3 Å². The van der Waals surface area contributed by atoms with Crippen LogP contribution in [0, 0.1) is 5.41 Å². The molecule has 1 aliphatic carbocycles. The minimum absolute atomic E-state index is 0.00694. The predicted molar refractivity (Wildman–Crippen MR) is 80.6 cm³/mol. The van der Waals surface area contributed by atoms with Crippen LogP contribution in [0.4, 0.5) is 13.2 Å². The first-order valence-electron chi connectivity index (χ1n) is 8.35. The molecule has 1 aromatic heterocycles. The van der Waals surface area contributed by atoms with Gasteiger partial charge in [-0.25, -0.2) is 0 Å². The number of carboxylic acid groups (broad SMARTS) is 1. The molecule has 1 aromatic rings. The number of carboxylic acids is 1. The Balaban J connectivity index is 1.56. The van der Waals surface area contributed by atoms with Crippen LogP contribution in [0.25, 0.3) is 0 Å². The fraction of sp³-hybridized carbons (Fsp3) is 0.688. The number of aromatic nitrogens is 2. The van der Waals surface area contributed by atoms with Crippen LogP contribution in [-0.4, -0.2) is 44.8 Å². The van der Waals surface area contributed by atoms with Gasteiger partial charge in [0.1, 0.15) is 0 Å². The van der Waals surface area contributed by atoms with Crippen molar-refractivity contribution in [1.82, 2.24) is 14.7 Å². The number of rotatable bonds is 4. The second-order valence-corrected chi connectivity index (χ2v) is 6.91. The minimum Gasteiger partial charge on any atom is -0.481 e. The highest BCUT2D eigenvalue weighted by Crippen LogP contribution is 2.44. The maximum atomic E-state index is 12.6. The molecule has 3 rings (SSSR count). The zero-order valence-electron chi connectivity index (χ0n) is 13.6. The van der Waals surface area contributed by atoms with Crippen molar-refractivity contribution in [3.8, 4) is 0 Å². The Hall–Kier alpha value is -2.06. The molecule has 1 saturated heterocycles. The number of piperidine rings is 1. The maximum Gasteiger partial charge on any atom is 0.435 e. The van der Waals surface area contributed by atoms with E-state index in [1.165, 1.54) is 10.9 Å². The van der Waals surface area contributed by atoms with Gasteiger partial charge in [0.15, 0.2) is 5.69 Å². The van der Waals surface area contributed by atoms with Crippen LogP contribution in [0.5, 0.6) is 0 Å². The largest absolute Gasteiger partial charge is 0.481 e. The molecule has 0 spiro atoms. The highest BCUT2D eigenvalue weighted by molar-refractivity contribution is 5.85. The topological polar surface area (TPSA) is 75.4 Å². The molecule has 9 heteroatoms. The highest BCUT2D eigenvalue weighted by Gasteiger charge is 2.46. The Morgan fingerprint density at radius 2 is 1.92 bits per heavy atom. The molecule has 0 atom stereocenters. The van der Waals surface area contributed by atoms with Crippen LogP contribution in [0.2, 0.25) is 0 Å². The molecule has 6 nitrogen and oxygen atoms in total. The summed E-state index contributed by atoms with van der Waals surface area (Å²) < 4.78 is 39.2. The second kappa shape index (κ2) is 6.34. The molecular formula is C16H20F3N3O3. The third-order valence-corrected chi connectivity index (χ3v) is 5.34. The van der Waals surface area contributed by atoms with E-state index in [9.17, 15) is 27.9 Å². The summed E-state index contributed by atoms with van der Waals surface area (Å²) in [5.41, 5.74) is -1.84. The van der Waals surface area contributed by atoms with E-state index in [1.54, 1.807) is 4.90 Å². The number of carbonyl (C=O) groups is 2. The number of hydrogen-bond acceptors (Lipinski definition) is 3. The summed E-state index contributed by atoms with van der Waals surface area (Å²) in [6, 6.07) is 0.766. The summed E-state index contributed by atoms with van der Waals surface area (Å²) in [6.07, 6.45) is -0.254. The molecule has 0 radical (unpaired) electrons. The van der Waals surface area contributed by atoms with E-state index in [2.05, 4.69) is 5.10 Å². The molecule has 25 heavy (non-hydrogen) atoms. The molecule has 0 aromatic carbocycles. The third-order valence-electron chi connectivity index (χ3n) is 5.34. The third kappa shape index (κ3) is 3.50. The normalized spacial score (nSPS) is 21.0. The molecule has 1 aliphatic heterocycles. The van der Waals surface area contributed by atoms with Gasteiger partial charge in [-0.15, -0.1) is 0 Å². The molecule has 138 valence electrons. The molecule has 1 N–H and O–H groups in total. The summed E-state index contributed by atoms with van der Waals surface area (Å²) in [7, 11) is 0. The highest BCUT2D eigenvalue weighted by atomic mass is 19.4. The Bertz CT molecular complexity index is 659. The van der Waals surface area contributed by atoms with Crippen LogP contribution in [0.1, 0.15) is 50.3 Å². The number of amides is 1. The summed E-state index contributed by atoms with van der Waals surface area (Å²) in [4.78, 5) is 25.4. The zero-order valence-corrected chi connectivity index (χ0v) is 13.6. The van der Waals surface area contributed by atoms with E-state index in [4.69, 9.17) is 0 Å².